The van der Waals surface area contributed by atoms with E-state index in [2.05, 4.69) is 18.2 Å². The second-order valence-electron chi connectivity index (χ2n) is 3.32. The van der Waals surface area contributed by atoms with Crippen LogP contribution in [0.4, 0.5) is 0 Å². The smallest absolute Gasteiger partial charge is 0.124 e. The molecule has 0 radical (unpaired) electrons. The lowest BCUT2D eigenvalue weighted by Gasteiger charge is -1.99. The summed E-state index contributed by atoms with van der Waals surface area (Å²) in [7, 11) is 1.67. The Labute approximate surface area is 104 Å². The van der Waals surface area contributed by atoms with Gasteiger partial charge in [0.25, 0.3) is 0 Å². The van der Waals surface area contributed by atoms with Crippen molar-refractivity contribution in [2.45, 2.75) is 11.1 Å². The van der Waals surface area contributed by atoms with Crippen molar-refractivity contribution < 1.29 is 4.74 Å². The maximum atomic E-state index is 5.13. The van der Waals surface area contributed by atoms with Crippen molar-refractivity contribution in [3.8, 4) is 16.3 Å². The lowest BCUT2D eigenvalue weighted by Crippen LogP contribution is -1.82. The maximum Gasteiger partial charge on any atom is 0.124 e. The third-order valence-electron chi connectivity index (χ3n) is 2.28. The molecule has 0 unspecified atom stereocenters. The highest BCUT2D eigenvalue weighted by Gasteiger charge is 2.08. The molecule has 0 amide bonds. The first-order chi connectivity index (χ1) is 7.74. The van der Waals surface area contributed by atoms with Gasteiger partial charge in [-0.15, -0.1) is 23.1 Å². The summed E-state index contributed by atoms with van der Waals surface area (Å²) >= 11 is 3.49. The number of thioether (sulfide) groups is 1. The first-order valence-electron chi connectivity index (χ1n) is 4.90. The van der Waals surface area contributed by atoms with Crippen LogP contribution in [0.1, 0.15) is 5.69 Å². The number of ether oxygens (including phenoxy) is 1. The van der Waals surface area contributed by atoms with E-state index in [0.29, 0.717) is 0 Å². The second-order valence-corrected chi connectivity index (χ2v) is 5.40. The number of rotatable bonds is 3. The first-order valence-corrected chi connectivity index (χ1v) is 6.94. The molecule has 2 nitrogen and oxygen atoms in total. The van der Waals surface area contributed by atoms with E-state index in [0.717, 1.165) is 22.0 Å². The Morgan fingerprint density at radius 3 is 2.44 bits per heavy atom. The predicted molar refractivity (Wildman–Crippen MR) is 70.6 cm³/mol. The summed E-state index contributed by atoms with van der Waals surface area (Å²) in [5, 5.41) is 1.07. The fourth-order valence-electron chi connectivity index (χ4n) is 1.43. The van der Waals surface area contributed by atoms with Crippen LogP contribution in [-0.4, -0.2) is 18.3 Å². The van der Waals surface area contributed by atoms with Crippen LogP contribution in [0.25, 0.3) is 10.6 Å². The highest BCUT2D eigenvalue weighted by molar-refractivity contribution is 8.00. The van der Waals surface area contributed by atoms with E-state index in [1.54, 1.807) is 30.2 Å². The Bertz CT molecular complexity index is 476. The summed E-state index contributed by atoms with van der Waals surface area (Å²) < 4.78 is 6.42. The molecule has 2 rings (SSSR count). The van der Waals surface area contributed by atoms with E-state index in [4.69, 9.17) is 4.74 Å². The lowest BCUT2D eigenvalue weighted by molar-refractivity contribution is 0.415. The van der Waals surface area contributed by atoms with Gasteiger partial charge in [0.1, 0.15) is 10.8 Å². The molecular weight excluding hydrogens is 238 g/mol. The Morgan fingerprint density at radius 2 is 1.94 bits per heavy atom. The van der Waals surface area contributed by atoms with Crippen molar-refractivity contribution in [2.24, 2.45) is 0 Å². The SMILES string of the molecule is COc1ccc(-c2nc(C)c(SC)s2)cc1. The van der Waals surface area contributed by atoms with Gasteiger partial charge >= 0.3 is 0 Å². The van der Waals surface area contributed by atoms with Crippen molar-refractivity contribution in [3.05, 3.63) is 30.0 Å². The van der Waals surface area contributed by atoms with Gasteiger partial charge in [0, 0.05) is 5.56 Å². The number of thiazole rings is 1. The average molecular weight is 251 g/mol. The zero-order chi connectivity index (χ0) is 11.5. The quantitative estimate of drug-likeness (QED) is 0.774. The van der Waals surface area contributed by atoms with Crippen LogP contribution < -0.4 is 4.74 Å². The molecule has 0 aliphatic carbocycles. The van der Waals surface area contributed by atoms with Crippen LogP contribution >= 0.6 is 23.1 Å². The van der Waals surface area contributed by atoms with Crippen LogP contribution in [-0.2, 0) is 0 Å². The van der Waals surface area contributed by atoms with E-state index in [1.165, 1.54) is 4.21 Å². The third kappa shape index (κ3) is 2.23. The summed E-state index contributed by atoms with van der Waals surface area (Å²) in [5.74, 6) is 0.877. The molecule has 1 aromatic heterocycles. The molecule has 0 N–H and O–H groups in total. The molecule has 84 valence electrons. The molecule has 1 heterocycles. The Morgan fingerprint density at radius 1 is 1.25 bits per heavy atom. The zero-order valence-electron chi connectivity index (χ0n) is 9.48. The Kier molecular flexibility index (Phi) is 3.51. The van der Waals surface area contributed by atoms with Crippen LogP contribution in [0.15, 0.2) is 28.5 Å². The van der Waals surface area contributed by atoms with E-state index in [-0.39, 0.29) is 0 Å². The van der Waals surface area contributed by atoms with Gasteiger partial charge in [0.15, 0.2) is 0 Å². The molecule has 0 fully saturated rings. The van der Waals surface area contributed by atoms with Crippen LogP contribution in [0.5, 0.6) is 5.75 Å². The monoisotopic (exact) mass is 251 g/mol. The van der Waals surface area contributed by atoms with Gasteiger partial charge in [-0.05, 0) is 37.4 Å². The molecule has 0 aliphatic heterocycles. The summed E-state index contributed by atoms with van der Waals surface area (Å²) in [6.45, 7) is 2.05. The minimum Gasteiger partial charge on any atom is -0.497 e. The normalized spacial score (nSPS) is 10.4. The van der Waals surface area contributed by atoms with Crippen molar-refractivity contribution in [1.29, 1.82) is 0 Å². The average Bonchev–Trinajstić information content (AvgIpc) is 2.71. The van der Waals surface area contributed by atoms with Crippen molar-refractivity contribution in [1.82, 2.24) is 4.98 Å². The predicted octanol–water partition coefficient (Wildman–Crippen LogP) is 3.85. The topological polar surface area (TPSA) is 22.1 Å². The van der Waals surface area contributed by atoms with Crippen molar-refractivity contribution >= 4 is 23.1 Å². The van der Waals surface area contributed by atoms with Crippen molar-refractivity contribution in [3.63, 3.8) is 0 Å². The summed E-state index contributed by atoms with van der Waals surface area (Å²) in [6, 6.07) is 8.01. The minimum atomic E-state index is 0.877. The van der Waals surface area contributed by atoms with Gasteiger partial charge in [-0.1, -0.05) is 0 Å². The molecule has 0 saturated carbocycles. The molecule has 0 atom stereocenters. The van der Waals surface area contributed by atoms with E-state index < -0.39 is 0 Å². The number of benzene rings is 1. The van der Waals surface area contributed by atoms with Gasteiger partial charge < -0.3 is 4.74 Å². The molecular formula is C12H13NOS2. The zero-order valence-corrected chi connectivity index (χ0v) is 11.1. The van der Waals surface area contributed by atoms with Gasteiger partial charge in [0.05, 0.1) is 17.0 Å². The fraction of sp³-hybridized carbons (Fsp3) is 0.250. The Balaban J connectivity index is 2.34. The largest absolute Gasteiger partial charge is 0.497 e. The van der Waals surface area contributed by atoms with Crippen LogP contribution in [0.2, 0.25) is 0 Å². The fourth-order valence-corrected chi connectivity index (χ4v) is 3.15. The second kappa shape index (κ2) is 4.89. The number of methoxy groups -OCH3 is 1. The van der Waals surface area contributed by atoms with E-state index >= 15 is 0 Å². The van der Waals surface area contributed by atoms with E-state index in [9.17, 15) is 0 Å². The highest BCUT2D eigenvalue weighted by Crippen LogP contribution is 2.33. The van der Waals surface area contributed by atoms with Gasteiger partial charge in [-0.2, -0.15) is 0 Å². The molecule has 2 aromatic rings. The summed E-state index contributed by atoms with van der Waals surface area (Å²) in [5.41, 5.74) is 2.26. The van der Waals surface area contributed by atoms with E-state index in [1.807, 2.05) is 24.3 Å². The number of hydrogen-bond donors (Lipinski definition) is 0. The third-order valence-corrected chi connectivity index (χ3v) is 4.69. The van der Waals surface area contributed by atoms with Crippen LogP contribution in [0.3, 0.4) is 0 Å². The standard InChI is InChI=1S/C12H13NOS2/c1-8-12(15-3)16-11(13-8)9-4-6-10(14-2)7-5-9/h4-7H,1-3H3. The van der Waals surface area contributed by atoms with Gasteiger partial charge in [0.2, 0.25) is 0 Å². The summed E-state index contributed by atoms with van der Waals surface area (Å²) in [6.07, 6.45) is 2.08. The minimum absolute atomic E-state index is 0.877. The molecule has 0 saturated heterocycles. The summed E-state index contributed by atoms with van der Waals surface area (Å²) in [4.78, 5) is 4.56. The molecule has 16 heavy (non-hydrogen) atoms. The molecule has 0 bridgehead atoms. The Hall–Kier alpha value is -1.00. The number of aryl methyl sites for hydroxylation is 1. The number of nitrogens with zero attached hydrogens (tertiary/aromatic N) is 1. The molecule has 4 heteroatoms. The number of aromatic nitrogens is 1. The van der Waals surface area contributed by atoms with Gasteiger partial charge in [-0.25, -0.2) is 4.98 Å². The number of hydrogen-bond acceptors (Lipinski definition) is 4. The first kappa shape index (κ1) is 11.5. The molecule has 0 spiro atoms. The van der Waals surface area contributed by atoms with Gasteiger partial charge in [-0.3, -0.25) is 0 Å². The van der Waals surface area contributed by atoms with Crippen molar-refractivity contribution in [2.75, 3.05) is 13.4 Å². The lowest BCUT2D eigenvalue weighted by atomic mass is 10.2. The van der Waals surface area contributed by atoms with Crippen LogP contribution in [0, 0.1) is 6.92 Å². The highest BCUT2D eigenvalue weighted by atomic mass is 32.2. The maximum absolute atomic E-state index is 5.13. The molecule has 1 aromatic carbocycles. The molecule has 0 aliphatic rings.